The van der Waals surface area contributed by atoms with Crippen molar-refractivity contribution in [1.29, 1.82) is 0 Å². The predicted octanol–water partition coefficient (Wildman–Crippen LogP) is 2.41. The second kappa shape index (κ2) is 8.95. The van der Waals surface area contributed by atoms with Gasteiger partial charge in [-0.2, -0.15) is 0 Å². The van der Waals surface area contributed by atoms with Crippen molar-refractivity contribution in [3.05, 3.63) is 37.3 Å². The number of para-hydroxylation sites is 1. The Morgan fingerprint density at radius 1 is 1.33 bits per heavy atom. The van der Waals surface area contributed by atoms with E-state index < -0.39 is 6.10 Å². The van der Waals surface area contributed by atoms with Crippen LogP contribution in [0.3, 0.4) is 0 Å². The van der Waals surface area contributed by atoms with Gasteiger partial charge in [-0.15, -0.1) is 0 Å². The highest BCUT2D eigenvalue weighted by Crippen LogP contribution is 2.08. The quantitative estimate of drug-likeness (QED) is 0.707. The SMILES string of the molecule is [CH2]CCC(CC)NCC(O)COc1ccccc1. The summed E-state index contributed by atoms with van der Waals surface area (Å²) in [6.45, 7) is 6.87. The molecule has 0 aromatic heterocycles. The van der Waals surface area contributed by atoms with Gasteiger partial charge in [-0.05, 0) is 25.0 Å². The molecule has 0 amide bonds. The van der Waals surface area contributed by atoms with Crippen molar-refractivity contribution in [3.63, 3.8) is 0 Å². The van der Waals surface area contributed by atoms with Crippen LogP contribution in [0.5, 0.6) is 5.75 Å². The summed E-state index contributed by atoms with van der Waals surface area (Å²) >= 11 is 0. The number of hydrogen-bond acceptors (Lipinski definition) is 3. The molecule has 2 N–H and O–H groups in total. The van der Waals surface area contributed by atoms with E-state index in [2.05, 4.69) is 19.2 Å². The average Bonchev–Trinajstić information content (AvgIpc) is 2.42. The first-order valence-corrected chi connectivity index (χ1v) is 6.64. The monoisotopic (exact) mass is 250 g/mol. The normalized spacial score (nSPS) is 14.2. The number of hydrogen-bond donors (Lipinski definition) is 2. The topological polar surface area (TPSA) is 41.5 Å². The van der Waals surface area contributed by atoms with Crippen LogP contribution in [0.25, 0.3) is 0 Å². The Bertz CT molecular complexity index is 303. The maximum atomic E-state index is 9.82. The van der Waals surface area contributed by atoms with Gasteiger partial charge in [0.1, 0.15) is 18.5 Å². The Morgan fingerprint density at radius 2 is 2.06 bits per heavy atom. The maximum Gasteiger partial charge on any atom is 0.119 e. The summed E-state index contributed by atoms with van der Waals surface area (Å²) in [4.78, 5) is 0. The molecular formula is C15H24NO2. The predicted molar refractivity (Wildman–Crippen MR) is 74.6 cm³/mol. The zero-order valence-electron chi connectivity index (χ0n) is 11.1. The van der Waals surface area contributed by atoms with Gasteiger partial charge in [0, 0.05) is 12.6 Å². The first-order valence-electron chi connectivity index (χ1n) is 6.64. The number of aliphatic hydroxyl groups excluding tert-OH is 1. The van der Waals surface area contributed by atoms with E-state index in [1.807, 2.05) is 30.3 Å². The Hall–Kier alpha value is -1.06. The van der Waals surface area contributed by atoms with E-state index in [-0.39, 0.29) is 0 Å². The van der Waals surface area contributed by atoms with E-state index in [1.54, 1.807) is 0 Å². The third-order valence-electron chi connectivity index (χ3n) is 2.87. The Labute approximate surface area is 110 Å². The van der Waals surface area contributed by atoms with Crippen LogP contribution >= 0.6 is 0 Å². The molecule has 0 aliphatic heterocycles. The lowest BCUT2D eigenvalue weighted by Gasteiger charge is -2.19. The summed E-state index contributed by atoms with van der Waals surface area (Å²) in [5.74, 6) is 0.793. The van der Waals surface area contributed by atoms with Gasteiger partial charge < -0.3 is 15.2 Å². The molecule has 0 saturated carbocycles. The largest absolute Gasteiger partial charge is 0.491 e. The zero-order chi connectivity index (χ0) is 13.2. The Morgan fingerprint density at radius 3 is 2.67 bits per heavy atom. The lowest BCUT2D eigenvalue weighted by molar-refractivity contribution is 0.103. The van der Waals surface area contributed by atoms with Crippen molar-refractivity contribution in [1.82, 2.24) is 5.32 Å². The highest BCUT2D eigenvalue weighted by Gasteiger charge is 2.09. The van der Waals surface area contributed by atoms with Crippen molar-refractivity contribution < 1.29 is 9.84 Å². The van der Waals surface area contributed by atoms with Gasteiger partial charge >= 0.3 is 0 Å². The van der Waals surface area contributed by atoms with Crippen LogP contribution in [0.15, 0.2) is 30.3 Å². The standard InChI is InChI=1S/C15H24NO2/c1-3-8-13(4-2)16-11-14(17)12-18-15-9-6-5-7-10-15/h5-7,9-10,13-14,16-17H,1,3-4,8,11-12H2,2H3. The van der Waals surface area contributed by atoms with Crippen LogP contribution in [0.1, 0.15) is 26.2 Å². The smallest absolute Gasteiger partial charge is 0.119 e. The minimum Gasteiger partial charge on any atom is -0.491 e. The molecule has 0 heterocycles. The first-order chi connectivity index (χ1) is 8.76. The number of nitrogens with one attached hydrogen (secondary N) is 1. The van der Waals surface area contributed by atoms with E-state index >= 15 is 0 Å². The van der Waals surface area contributed by atoms with Crippen molar-refractivity contribution in [2.75, 3.05) is 13.2 Å². The van der Waals surface area contributed by atoms with E-state index in [9.17, 15) is 5.11 Å². The average molecular weight is 250 g/mol. The third kappa shape index (κ3) is 6.03. The molecular weight excluding hydrogens is 226 g/mol. The van der Waals surface area contributed by atoms with E-state index in [4.69, 9.17) is 4.74 Å². The second-order valence-electron chi connectivity index (χ2n) is 4.43. The number of aliphatic hydroxyl groups is 1. The molecule has 1 rings (SSSR count). The molecule has 0 aliphatic carbocycles. The number of benzene rings is 1. The van der Waals surface area contributed by atoms with E-state index in [1.165, 1.54) is 0 Å². The van der Waals surface area contributed by atoms with Crippen molar-refractivity contribution in [2.24, 2.45) is 0 Å². The minimum atomic E-state index is -0.482. The van der Waals surface area contributed by atoms with Crippen LogP contribution in [-0.4, -0.2) is 30.4 Å². The van der Waals surface area contributed by atoms with Crippen LogP contribution in [-0.2, 0) is 0 Å². The molecule has 18 heavy (non-hydrogen) atoms. The molecule has 0 saturated heterocycles. The Balaban J connectivity index is 2.19. The molecule has 0 bridgehead atoms. The summed E-state index contributed by atoms with van der Waals surface area (Å²) < 4.78 is 5.49. The molecule has 0 fully saturated rings. The van der Waals surface area contributed by atoms with Crippen molar-refractivity contribution in [3.8, 4) is 5.75 Å². The fourth-order valence-electron chi connectivity index (χ4n) is 1.77. The lowest BCUT2D eigenvalue weighted by Crippen LogP contribution is -2.37. The highest BCUT2D eigenvalue weighted by molar-refractivity contribution is 5.20. The van der Waals surface area contributed by atoms with Gasteiger partial charge in [-0.25, -0.2) is 0 Å². The fourth-order valence-corrected chi connectivity index (χ4v) is 1.77. The molecule has 3 heteroatoms. The van der Waals surface area contributed by atoms with E-state index in [0.29, 0.717) is 19.2 Å². The fraction of sp³-hybridized carbons (Fsp3) is 0.533. The van der Waals surface area contributed by atoms with Gasteiger partial charge in [0.15, 0.2) is 0 Å². The van der Waals surface area contributed by atoms with Gasteiger partial charge in [0.2, 0.25) is 0 Å². The van der Waals surface area contributed by atoms with Gasteiger partial charge in [-0.1, -0.05) is 38.5 Å². The zero-order valence-corrected chi connectivity index (χ0v) is 11.1. The van der Waals surface area contributed by atoms with Crippen molar-refractivity contribution in [2.45, 2.75) is 38.3 Å². The van der Waals surface area contributed by atoms with Crippen LogP contribution in [0.2, 0.25) is 0 Å². The molecule has 0 spiro atoms. The molecule has 1 aromatic rings. The van der Waals surface area contributed by atoms with Crippen molar-refractivity contribution >= 4 is 0 Å². The van der Waals surface area contributed by atoms with E-state index in [0.717, 1.165) is 25.0 Å². The highest BCUT2D eigenvalue weighted by atomic mass is 16.5. The summed E-state index contributed by atoms with van der Waals surface area (Å²) in [6, 6.07) is 9.99. The molecule has 0 aliphatic rings. The molecule has 101 valence electrons. The summed E-state index contributed by atoms with van der Waals surface area (Å²) in [5.41, 5.74) is 0. The summed E-state index contributed by atoms with van der Waals surface area (Å²) in [7, 11) is 0. The van der Waals surface area contributed by atoms with Gasteiger partial charge in [-0.3, -0.25) is 0 Å². The second-order valence-corrected chi connectivity index (χ2v) is 4.43. The van der Waals surface area contributed by atoms with Gasteiger partial charge in [0.05, 0.1) is 0 Å². The van der Waals surface area contributed by atoms with Crippen LogP contribution < -0.4 is 10.1 Å². The Kier molecular flexibility index (Phi) is 7.46. The minimum absolute atomic E-state index is 0.317. The summed E-state index contributed by atoms with van der Waals surface area (Å²) in [5, 5.41) is 13.2. The molecule has 2 unspecified atom stereocenters. The third-order valence-corrected chi connectivity index (χ3v) is 2.87. The molecule has 2 atom stereocenters. The number of rotatable bonds is 9. The first kappa shape index (κ1) is 15.0. The molecule has 1 aromatic carbocycles. The molecule has 3 nitrogen and oxygen atoms in total. The number of ether oxygens (including phenoxy) is 1. The van der Waals surface area contributed by atoms with Gasteiger partial charge in [0.25, 0.3) is 0 Å². The van der Waals surface area contributed by atoms with Crippen LogP contribution in [0, 0.1) is 6.92 Å². The lowest BCUT2D eigenvalue weighted by atomic mass is 10.1. The molecule has 1 radical (unpaired) electrons. The summed E-state index contributed by atoms with van der Waals surface area (Å²) in [6.07, 6.45) is 2.54. The maximum absolute atomic E-state index is 9.82. The van der Waals surface area contributed by atoms with Crippen LogP contribution in [0.4, 0.5) is 0 Å².